The Labute approximate surface area is 200 Å². The Morgan fingerprint density at radius 1 is 1.34 bits per heavy atom. The van der Waals surface area contributed by atoms with Crippen LogP contribution in [0.2, 0.25) is 0 Å². The second kappa shape index (κ2) is 8.79. The van der Waals surface area contributed by atoms with Gasteiger partial charge in [0.05, 0.1) is 17.7 Å². The van der Waals surface area contributed by atoms with E-state index in [9.17, 15) is 14.7 Å². The van der Waals surface area contributed by atoms with Gasteiger partial charge in [-0.25, -0.2) is 14.2 Å². The fourth-order valence-electron chi connectivity index (χ4n) is 4.27. The summed E-state index contributed by atoms with van der Waals surface area (Å²) in [5.41, 5.74) is 9.28. The van der Waals surface area contributed by atoms with Crippen LogP contribution in [0.25, 0.3) is 11.0 Å². The van der Waals surface area contributed by atoms with Crippen LogP contribution in [0.15, 0.2) is 59.3 Å². The summed E-state index contributed by atoms with van der Waals surface area (Å²) in [6.07, 6.45) is 4.70. The second-order valence-corrected chi connectivity index (χ2v) is 9.29. The maximum Gasteiger partial charge on any atom is 0.341 e. The van der Waals surface area contributed by atoms with E-state index in [1.807, 2.05) is 37.3 Å². The molecule has 1 aliphatic heterocycles. The highest BCUT2D eigenvalue weighted by atomic mass is 19.1. The van der Waals surface area contributed by atoms with E-state index in [1.54, 1.807) is 15.7 Å². The molecule has 1 atom stereocenters. The number of carbonyl (C=O) groups is 1. The first-order valence-electron chi connectivity index (χ1n) is 11.4. The van der Waals surface area contributed by atoms with E-state index in [4.69, 9.17) is 10.6 Å². The van der Waals surface area contributed by atoms with Crippen molar-refractivity contribution in [2.24, 2.45) is 11.1 Å². The maximum absolute atomic E-state index is 15.3. The van der Waals surface area contributed by atoms with Crippen molar-refractivity contribution in [1.82, 2.24) is 15.0 Å². The molecule has 1 saturated carbocycles. The number of rotatable bonds is 8. The molecule has 4 N–H and O–H groups in total. The lowest BCUT2D eigenvalue weighted by atomic mass is 9.89. The number of fused-ring (bicyclic) bond motifs is 1. The summed E-state index contributed by atoms with van der Waals surface area (Å²) in [7, 11) is 0. The van der Waals surface area contributed by atoms with Gasteiger partial charge >= 0.3 is 5.97 Å². The molecule has 0 bridgehead atoms. The van der Waals surface area contributed by atoms with Gasteiger partial charge in [0, 0.05) is 36.9 Å². The summed E-state index contributed by atoms with van der Waals surface area (Å²) < 4.78 is 17.0. The normalized spacial score (nSPS) is 19.7. The Balaban J connectivity index is 1.49. The van der Waals surface area contributed by atoms with E-state index >= 15 is 4.39 Å². The molecule has 2 aliphatic rings. The topological polar surface area (TPSA) is 123 Å². The number of anilines is 1. The molecule has 0 radical (unpaired) electrons. The number of nitrogens with two attached hydrogens (primary N) is 1. The number of hydroxylamine groups is 1. The van der Waals surface area contributed by atoms with Gasteiger partial charge in [-0.05, 0) is 24.5 Å². The molecule has 9 nitrogen and oxygen atoms in total. The number of aromatic nitrogens is 2. The predicted molar refractivity (Wildman–Crippen MR) is 128 cm³/mol. The van der Waals surface area contributed by atoms with Gasteiger partial charge in [0.15, 0.2) is 11.6 Å². The molecule has 182 valence electrons. The van der Waals surface area contributed by atoms with Crippen molar-refractivity contribution in [3.05, 3.63) is 81.7 Å². The molecule has 35 heavy (non-hydrogen) atoms. The van der Waals surface area contributed by atoms with Crippen LogP contribution in [0, 0.1) is 11.2 Å². The summed E-state index contributed by atoms with van der Waals surface area (Å²) in [6, 6.07) is 10.8. The van der Waals surface area contributed by atoms with Crippen molar-refractivity contribution < 1.29 is 19.1 Å². The van der Waals surface area contributed by atoms with E-state index in [2.05, 4.69) is 10.5 Å². The number of hydrogen-bond acceptors (Lipinski definition) is 7. The third kappa shape index (κ3) is 4.26. The van der Waals surface area contributed by atoms with E-state index in [1.165, 1.54) is 6.20 Å². The monoisotopic (exact) mass is 479 g/mol. The average molecular weight is 480 g/mol. The molecule has 5 rings (SSSR count). The summed E-state index contributed by atoms with van der Waals surface area (Å²) in [5.74, 6) is -2.03. The highest BCUT2D eigenvalue weighted by molar-refractivity contribution is 5.92. The molecule has 2 aromatic heterocycles. The average Bonchev–Trinajstić information content (AvgIpc) is 3.63. The smallest absolute Gasteiger partial charge is 0.341 e. The predicted octanol–water partition coefficient (Wildman–Crippen LogP) is 2.92. The molecule has 3 aromatic rings. The zero-order valence-electron chi connectivity index (χ0n) is 19.2. The third-order valence-corrected chi connectivity index (χ3v) is 6.55. The first kappa shape index (κ1) is 23.0. The number of nitrogens with zero attached hydrogens (tertiary/aromatic N) is 3. The van der Waals surface area contributed by atoms with Crippen molar-refractivity contribution in [3.63, 3.8) is 0 Å². The van der Waals surface area contributed by atoms with Gasteiger partial charge in [0.2, 0.25) is 5.43 Å². The van der Waals surface area contributed by atoms with Crippen molar-refractivity contribution in [3.8, 4) is 0 Å². The van der Waals surface area contributed by atoms with Crippen molar-refractivity contribution in [2.45, 2.75) is 32.4 Å². The fraction of sp³-hybridized carbons (Fsp3) is 0.320. The first-order chi connectivity index (χ1) is 16.8. The Kier molecular flexibility index (Phi) is 5.78. The Hall–Kier alpha value is -3.76. The van der Waals surface area contributed by atoms with Gasteiger partial charge in [-0.15, -0.1) is 0 Å². The molecule has 1 fully saturated rings. The molecule has 1 aromatic carbocycles. The highest BCUT2D eigenvalue weighted by Gasteiger charge is 2.38. The molecular weight excluding hydrogens is 453 g/mol. The highest BCUT2D eigenvalue weighted by Crippen LogP contribution is 2.39. The lowest BCUT2D eigenvalue weighted by molar-refractivity contribution is 0.0374. The molecular formula is C25H26FN5O4. The summed E-state index contributed by atoms with van der Waals surface area (Å²) in [5, 5.41) is 9.38. The number of carboxylic acids is 1. The lowest BCUT2D eigenvalue weighted by Crippen LogP contribution is -2.38. The van der Waals surface area contributed by atoms with Gasteiger partial charge in [0.25, 0.3) is 0 Å². The number of benzene rings is 1. The van der Waals surface area contributed by atoms with Crippen LogP contribution in [0.1, 0.15) is 41.7 Å². The van der Waals surface area contributed by atoms with E-state index in [0.717, 1.165) is 24.5 Å². The lowest BCUT2D eigenvalue weighted by Gasteiger charge is -2.27. The van der Waals surface area contributed by atoms with E-state index in [0.29, 0.717) is 18.8 Å². The molecule has 3 heterocycles. The van der Waals surface area contributed by atoms with Crippen LogP contribution in [-0.4, -0.2) is 33.7 Å². The molecule has 1 unspecified atom stereocenters. The van der Waals surface area contributed by atoms with Gasteiger partial charge in [-0.1, -0.05) is 37.3 Å². The SMILES string of the molecule is CC1(CN)CN(c2nc3c(cc2F)c(=O)c(C(=O)O)cn3C2CC2)C=C1NOCc1ccccc1. The van der Waals surface area contributed by atoms with Crippen molar-refractivity contribution in [1.29, 1.82) is 0 Å². The van der Waals surface area contributed by atoms with Crippen molar-refractivity contribution in [2.75, 3.05) is 18.0 Å². The molecule has 1 aliphatic carbocycles. The number of pyridine rings is 2. The summed E-state index contributed by atoms with van der Waals surface area (Å²) >= 11 is 0. The van der Waals surface area contributed by atoms with Crippen LogP contribution in [0.3, 0.4) is 0 Å². The summed E-state index contributed by atoms with van der Waals surface area (Å²) in [6.45, 7) is 2.90. The molecule has 0 amide bonds. The molecule has 0 saturated heterocycles. The van der Waals surface area contributed by atoms with Crippen LogP contribution in [-0.2, 0) is 11.4 Å². The third-order valence-electron chi connectivity index (χ3n) is 6.55. The van der Waals surface area contributed by atoms with Crippen LogP contribution >= 0.6 is 0 Å². The first-order valence-corrected chi connectivity index (χ1v) is 11.4. The zero-order valence-corrected chi connectivity index (χ0v) is 19.2. The van der Waals surface area contributed by atoms with Crippen LogP contribution < -0.4 is 21.5 Å². The number of carboxylic acid groups (broad SMARTS) is 1. The Morgan fingerprint density at radius 2 is 2.09 bits per heavy atom. The zero-order chi connectivity index (χ0) is 24.7. The van der Waals surface area contributed by atoms with E-state index < -0.39 is 28.2 Å². The number of hydrogen-bond donors (Lipinski definition) is 3. The van der Waals surface area contributed by atoms with E-state index in [-0.39, 0.29) is 29.4 Å². The van der Waals surface area contributed by atoms with Gasteiger partial charge in [-0.3, -0.25) is 15.1 Å². The number of halogens is 1. The standard InChI is InChI=1S/C25H26FN5O4/c1-25(13-27)14-30(11-20(25)29-35-12-15-5-3-2-4-6-15)23-19(26)9-17-21(32)18(24(33)34)10-31(16-7-8-16)22(17)28-23/h2-6,9-11,16,29H,7-8,12-14,27H2,1H3,(H,33,34). The molecule has 10 heteroatoms. The minimum absolute atomic E-state index is 0.0360. The minimum atomic E-state index is -1.34. The molecule has 0 spiro atoms. The van der Waals surface area contributed by atoms with Crippen molar-refractivity contribution >= 4 is 22.8 Å². The summed E-state index contributed by atoms with van der Waals surface area (Å²) in [4.78, 5) is 36.1. The van der Waals surface area contributed by atoms with Crippen LogP contribution in [0.5, 0.6) is 0 Å². The Morgan fingerprint density at radius 3 is 2.74 bits per heavy atom. The van der Waals surface area contributed by atoms with Crippen LogP contribution in [0.4, 0.5) is 10.2 Å². The van der Waals surface area contributed by atoms with Gasteiger partial charge in [-0.2, -0.15) is 0 Å². The van der Waals surface area contributed by atoms with Gasteiger partial charge < -0.3 is 20.3 Å². The van der Waals surface area contributed by atoms with Gasteiger partial charge in [0.1, 0.15) is 11.2 Å². The minimum Gasteiger partial charge on any atom is -0.477 e. The number of aromatic carboxylic acids is 1. The second-order valence-electron chi connectivity index (χ2n) is 9.29. The quantitative estimate of drug-likeness (QED) is 0.422. The fourth-order valence-corrected chi connectivity index (χ4v) is 4.27. The Bertz CT molecular complexity index is 1390. The largest absolute Gasteiger partial charge is 0.477 e. The maximum atomic E-state index is 15.3. The number of nitrogens with one attached hydrogen (secondary N) is 1.